The largest absolute Gasteiger partial charge is 0.337 e. The molecule has 398 valence electrons. The molecular formula is C63H65N9O3S3. The fourth-order valence-electron chi connectivity index (χ4n) is 11.8. The Bertz CT molecular complexity index is 3750. The van der Waals surface area contributed by atoms with E-state index in [-0.39, 0.29) is 17.7 Å². The molecule has 3 aliphatic heterocycles. The van der Waals surface area contributed by atoms with Gasteiger partial charge in [0, 0.05) is 73.2 Å². The minimum absolute atomic E-state index is 0.135. The molecular weight excluding hydrogens is 1030 g/mol. The number of amides is 3. The number of aryl methyl sites for hydroxylation is 7. The number of nitrogens with zero attached hydrogens (tertiary/aromatic N) is 9. The fourth-order valence-corrected chi connectivity index (χ4v) is 15.4. The summed E-state index contributed by atoms with van der Waals surface area (Å²) in [6.45, 7) is 19.1. The fraction of sp³-hybridized carbons (Fsp3) is 0.381. The van der Waals surface area contributed by atoms with E-state index in [1.165, 1.54) is 98.1 Å². The summed E-state index contributed by atoms with van der Waals surface area (Å²) in [5.41, 5.74) is 13.9. The third-order valence-electron chi connectivity index (χ3n) is 17.1. The minimum Gasteiger partial charge on any atom is -0.337 e. The molecule has 2 unspecified atom stereocenters. The second kappa shape index (κ2) is 21.4. The number of rotatable bonds is 8. The number of benzene rings is 3. The maximum absolute atomic E-state index is 13.4. The van der Waals surface area contributed by atoms with Crippen LogP contribution in [0.1, 0.15) is 164 Å². The van der Waals surface area contributed by atoms with Crippen molar-refractivity contribution in [3.8, 4) is 0 Å². The maximum Gasteiger partial charge on any atom is 0.264 e. The first-order chi connectivity index (χ1) is 37.8. The summed E-state index contributed by atoms with van der Waals surface area (Å²) in [5.74, 6) is 2.89. The van der Waals surface area contributed by atoms with Crippen LogP contribution in [0.25, 0.3) is 30.6 Å². The number of carbonyl (C=O) groups is 3. The quantitative estimate of drug-likeness (QED) is 0.146. The van der Waals surface area contributed by atoms with Crippen molar-refractivity contribution < 1.29 is 14.4 Å². The van der Waals surface area contributed by atoms with Crippen LogP contribution in [-0.4, -0.2) is 102 Å². The lowest BCUT2D eigenvalue weighted by atomic mass is 9.91. The zero-order valence-corrected chi connectivity index (χ0v) is 48.0. The van der Waals surface area contributed by atoms with Crippen LogP contribution in [0.2, 0.25) is 0 Å². The van der Waals surface area contributed by atoms with Gasteiger partial charge in [-0.05, 0) is 149 Å². The van der Waals surface area contributed by atoms with Gasteiger partial charge in [-0.25, -0.2) is 0 Å². The Labute approximate surface area is 468 Å². The lowest BCUT2D eigenvalue weighted by molar-refractivity contribution is 0.0606. The number of likely N-dealkylation sites (tertiary alicyclic amines) is 3. The predicted molar refractivity (Wildman–Crippen MR) is 314 cm³/mol. The molecule has 3 saturated heterocycles. The van der Waals surface area contributed by atoms with Gasteiger partial charge in [0.15, 0.2) is 0 Å². The third kappa shape index (κ3) is 9.91. The molecule has 0 N–H and O–H groups in total. The van der Waals surface area contributed by atoms with E-state index in [9.17, 15) is 14.4 Å². The lowest BCUT2D eigenvalue weighted by Gasteiger charge is -2.39. The van der Waals surface area contributed by atoms with E-state index in [1.54, 1.807) is 11.3 Å². The van der Waals surface area contributed by atoms with Gasteiger partial charge in [-0.2, -0.15) is 15.3 Å². The molecule has 3 aromatic carbocycles. The van der Waals surface area contributed by atoms with Gasteiger partial charge < -0.3 is 14.7 Å². The van der Waals surface area contributed by atoms with Crippen LogP contribution in [0.4, 0.5) is 0 Å². The van der Waals surface area contributed by atoms with Crippen LogP contribution in [0.3, 0.4) is 0 Å². The smallest absolute Gasteiger partial charge is 0.264 e. The molecule has 78 heavy (non-hydrogen) atoms. The second-order valence-electron chi connectivity index (χ2n) is 22.2. The topological polar surface area (TPSA) is 138 Å². The highest BCUT2D eigenvalue weighted by molar-refractivity contribution is 7.21. The summed E-state index contributed by atoms with van der Waals surface area (Å²) in [7, 11) is 0. The van der Waals surface area contributed by atoms with E-state index in [4.69, 9.17) is 0 Å². The molecule has 0 bridgehead atoms. The minimum atomic E-state index is 0.135. The highest BCUT2D eigenvalue weighted by atomic mass is 32.1. The Morgan fingerprint density at radius 2 is 0.705 bits per heavy atom. The Morgan fingerprint density at radius 3 is 1.12 bits per heavy atom. The van der Waals surface area contributed by atoms with Crippen LogP contribution < -0.4 is 0 Å². The highest BCUT2D eigenvalue weighted by Gasteiger charge is 2.40. The number of carbonyl (C=O) groups excluding carboxylic acids is 3. The maximum atomic E-state index is 13.4. The van der Waals surface area contributed by atoms with Crippen LogP contribution >= 0.6 is 34.0 Å². The van der Waals surface area contributed by atoms with Crippen molar-refractivity contribution in [1.82, 2.24) is 45.3 Å². The summed E-state index contributed by atoms with van der Waals surface area (Å²) in [6.07, 6.45) is 6.78. The number of aromatic nitrogens is 6. The van der Waals surface area contributed by atoms with Crippen molar-refractivity contribution in [3.05, 3.63) is 173 Å². The van der Waals surface area contributed by atoms with Gasteiger partial charge in [-0.1, -0.05) is 91.0 Å². The SMILES string of the molecule is Cc1nnc2sc(C(=O)N3CC(c4ccccc4)C3)c(C3CC3)c2c1C.Cc1nnc2sc(C(=O)N3CCC(c4ccccc4)C3)c(C)c2c1C.Cc1nnc2sc(C(=O)N3CCC(c4ccccc4)C3)c(C3CC3)c2c1C. The molecule has 6 aromatic heterocycles. The van der Waals surface area contributed by atoms with E-state index in [0.29, 0.717) is 29.6 Å². The molecule has 0 spiro atoms. The Morgan fingerprint density at radius 1 is 0.372 bits per heavy atom. The predicted octanol–water partition coefficient (Wildman–Crippen LogP) is 13.5. The summed E-state index contributed by atoms with van der Waals surface area (Å²) in [5, 5.41) is 29.3. The molecule has 3 amide bonds. The molecule has 5 fully saturated rings. The first-order valence-electron chi connectivity index (χ1n) is 27.6. The number of hydrogen-bond donors (Lipinski definition) is 0. The van der Waals surface area contributed by atoms with Gasteiger partial charge in [-0.3, -0.25) is 14.4 Å². The first kappa shape index (κ1) is 51.9. The van der Waals surface area contributed by atoms with Gasteiger partial charge in [0.2, 0.25) is 0 Å². The third-order valence-corrected chi connectivity index (χ3v) is 20.4. The van der Waals surface area contributed by atoms with Crippen molar-refractivity contribution in [1.29, 1.82) is 0 Å². The first-order valence-corrected chi connectivity index (χ1v) is 30.1. The Hall–Kier alpha value is -6.81. The monoisotopic (exact) mass is 1090 g/mol. The van der Waals surface area contributed by atoms with Crippen molar-refractivity contribution in [3.63, 3.8) is 0 Å². The van der Waals surface area contributed by atoms with Gasteiger partial charge >= 0.3 is 0 Å². The van der Waals surface area contributed by atoms with E-state index in [1.807, 2.05) is 60.6 Å². The van der Waals surface area contributed by atoms with E-state index >= 15 is 0 Å². The van der Waals surface area contributed by atoms with Crippen LogP contribution in [0.15, 0.2) is 91.0 Å². The average Bonchev–Trinajstić information content (AvgIpc) is 4.25. The number of thiophene rings is 3. The van der Waals surface area contributed by atoms with Crippen molar-refractivity contribution >= 4 is 82.4 Å². The number of hydrogen-bond acceptors (Lipinski definition) is 12. The Balaban J connectivity index is 0.000000117. The van der Waals surface area contributed by atoms with Crippen LogP contribution in [0.5, 0.6) is 0 Å². The Kier molecular flexibility index (Phi) is 14.3. The molecule has 14 rings (SSSR count). The molecule has 0 radical (unpaired) electrons. The van der Waals surface area contributed by atoms with Gasteiger partial charge in [0.1, 0.15) is 14.5 Å². The summed E-state index contributed by atoms with van der Waals surface area (Å²) < 4.78 is 0. The van der Waals surface area contributed by atoms with Gasteiger partial charge in [-0.15, -0.1) is 49.3 Å². The van der Waals surface area contributed by atoms with Crippen molar-refractivity contribution in [2.24, 2.45) is 0 Å². The molecule has 2 atom stereocenters. The van der Waals surface area contributed by atoms with E-state index in [0.717, 1.165) is 115 Å². The molecule has 12 nitrogen and oxygen atoms in total. The molecule has 15 heteroatoms. The number of fused-ring (bicyclic) bond motifs is 3. The van der Waals surface area contributed by atoms with Crippen molar-refractivity contribution in [2.75, 3.05) is 39.3 Å². The van der Waals surface area contributed by atoms with Crippen LogP contribution in [0, 0.1) is 48.5 Å². The molecule has 9 heterocycles. The summed E-state index contributed by atoms with van der Waals surface area (Å²) in [4.78, 5) is 51.1. The van der Waals surface area contributed by atoms with E-state index < -0.39 is 0 Å². The van der Waals surface area contributed by atoms with Crippen LogP contribution in [-0.2, 0) is 0 Å². The summed E-state index contributed by atoms with van der Waals surface area (Å²) >= 11 is 4.55. The van der Waals surface area contributed by atoms with Gasteiger partial charge in [0.05, 0.1) is 31.7 Å². The van der Waals surface area contributed by atoms with Crippen molar-refractivity contribution in [2.45, 2.75) is 117 Å². The highest BCUT2D eigenvalue weighted by Crippen LogP contribution is 2.51. The second-order valence-corrected chi connectivity index (χ2v) is 25.2. The molecule has 9 aromatic rings. The standard InChI is InChI=1S/C22H23N3OS.C21H21N3OS.C20H21N3OS/c1-13-14(2)23-24-21-18(13)19(16-8-9-16)20(27-21)22(26)25-11-10-17(12-25)15-6-4-3-5-7-15;1-12-13(2)22-23-20-17(12)18(15-8-9-15)19(26-20)21(25)24-10-16(11-24)14-6-4-3-5-7-14;1-12-14(3)21-22-19-17(12)13(2)18(25-19)20(24)23-10-9-16(11-23)15-7-5-4-6-8-15/h3-7,16-17H,8-12H2,1-2H3;3-7,15-16H,8-11H2,1-2H3;4-8,16H,9-11H2,1-3H3. The molecule has 2 saturated carbocycles. The zero-order chi connectivity index (χ0) is 53.9. The van der Waals surface area contributed by atoms with Gasteiger partial charge in [0.25, 0.3) is 17.7 Å². The normalized spacial score (nSPS) is 18.3. The molecule has 5 aliphatic rings. The lowest BCUT2D eigenvalue weighted by Crippen LogP contribution is -2.48. The summed E-state index contributed by atoms with van der Waals surface area (Å²) in [6, 6.07) is 31.5. The molecule has 2 aliphatic carbocycles. The zero-order valence-electron chi connectivity index (χ0n) is 45.5. The average molecular weight is 1090 g/mol. The van der Waals surface area contributed by atoms with E-state index in [2.05, 4.69) is 124 Å².